The number of aromatic nitrogens is 4. The maximum absolute atomic E-state index is 12.5. The van der Waals surface area contributed by atoms with E-state index in [0.717, 1.165) is 4.68 Å². The molecule has 1 aliphatic rings. The second-order valence-electron chi connectivity index (χ2n) is 6.19. The van der Waals surface area contributed by atoms with Crippen LogP contribution in [0.2, 0.25) is 0 Å². The number of amides is 1. The molecule has 142 valence electrons. The van der Waals surface area contributed by atoms with E-state index in [1.54, 1.807) is 12.0 Å². The van der Waals surface area contributed by atoms with Crippen LogP contribution in [0.25, 0.3) is 11.0 Å². The zero-order chi connectivity index (χ0) is 18.7. The number of methoxy groups -OCH3 is 1. The van der Waals surface area contributed by atoms with E-state index in [1.807, 2.05) is 0 Å². The topological polar surface area (TPSA) is 85.2 Å². The zero-order valence-electron chi connectivity index (χ0n) is 14.2. The first kappa shape index (κ1) is 18.4. The Balaban J connectivity index is 1.65. The number of likely N-dealkylation sites (tertiary alicyclic amines) is 1. The van der Waals surface area contributed by atoms with Gasteiger partial charge in [0.1, 0.15) is 18.7 Å². The average molecular weight is 372 g/mol. The van der Waals surface area contributed by atoms with Crippen molar-refractivity contribution in [3.63, 3.8) is 0 Å². The first-order valence-corrected chi connectivity index (χ1v) is 8.11. The molecule has 2 aromatic rings. The van der Waals surface area contributed by atoms with E-state index >= 15 is 0 Å². The van der Waals surface area contributed by atoms with Crippen LogP contribution in [0.1, 0.15) is 6.42 Å². The largest absolute Gasteiger partial charge is 0.408 e. The highest BCUT2D eigenvalue weighted by Crippen LogP contribution is 2.23. The van der Waals surface area contributed by atoms with Crippen molar-refractivity contribution in [3.05, 3.63) is 12.5 Å². The van der Waals surface area contributed by atoms with Crippen molar-refractivity contribution >= 4 is 22.8 Å². The average Bonchev–Trinajstić information content (AvgIpc) is 3.12. The summed E-state index contributed by atoms with van der Waals surface area (Å²) in [5, 5.41) is 7.35. The third-order valence-electron chi connectivity index (χ3n) is 4.12. The van der Waals surface area contributed by atoms with Crippen molar-refractivity contribution in [2.75, 3.05) is 38.7 Å². The van der Waals surface area contributed by atoms with Gasteiger partial charge in [-0.1, -0.05) is 0 Å². The van der Waals surface area contributed by atoms with Gasteiger partial charge in [0.05, 0.1) is 12.0 Å². The second kappa shape index (κ2) is 7.44. The molecule has 1 aliphatic heterocycles. The van der Waals surface area contributed by atoms with Gasteiger partial charge in [-0.25, -0.2) is 9.97 Å². The Kier molecular flexibility index (Phi) is 5.25. The van der Waals surface area contributed by atoms with E-state index in [0.29, 0.717) is 43.9 Å². The summed E-state index contributed by atoms with van der Waals surface area (Å²) in [5.41, 5.74) is 0.191. The minimum absolute atomic E-state index is 0.0691. The Morgan fingerprint density at radius 1 is 1.38 bits per heavy atom. The number of hydrogen-bond acceptors (Lipinski definition) is 6. The standard InChI is InChI=1S/C15H19F3N6O2/c1-26-3-2-23-6-10(4-12(23)25)5-19-13-11-7-24(8-15(16,17)18)22-14(11)21-9-20-13/h7,9-10H,2-6,8H2,1H3,(H,19,20,21,22). The Morgan fingerprint density at radius 2 is 2.19 bits per heavy atom. The van der Waals surface area contributed by atoms with Gasteiger partial charge >= 0.3 is 6.18 Å². The van der Waals surface area contributed by atoms with Crippen molar-refractivity contribution in [1.82, 2.24) is 24.6 Å². The van der Waals surface area contributed by atoms with E-state index < -0.39 is 12.7 Å². The molecule has 1 fully saturated rings. The second-order valence-corrected chi connectivity index (χ2v) is 6.19. The molecule has 2 aromatic heterocycles. The van der Waals surface area contributed by atoms with Gasteiger partial charge in [0, 0.05) is 45.3 Å². The number of anilines is 1. The lowest BCUT2D eigenvalue weighted by molar-refractivity contribution is -0.142. The predicted molar refractivity (Wildman–Crippen MR) is 86.4 cm³/mol. The zero-order valence-corrected chi connectivity index (χ0v) is 14.2. The number of fused-ring (bicyclic) bond motifs is 1. The third-order valence-corrected chi connectivity index (χ3v) is 4.12. The quantitative estimate of drug-likeness (QED) is 0.789. The van der Waals surface area contributed by atoms with Crippen molar-refractivity contribution in [1.29, 1.82) is 0 Å². The van der Waals surface area contributed by atoms with E-state index in [1.165, 1.54) is 12.5 Å². The smallest absolute Gasteiger partial charge is 0.383 e. The van der Waals surface area contributed by atoms with Crippen LogP contribution in [-0.4, -0.2) is 70.1 Å². The molecule has 0 spiro atoms. The highest BCUT2D eigenvalue weighted by Gasteiger charge is 2.30. The van der Waals surface area contributed by atoms with Crippen LogP contribution >= 0.6 is 0 Å². The summed E-state index contributed by atoms with van der Waals surface area (Å²) >= 11 is 0. The third kappa shape index (κ3) is 4.40. The van der Waals surface area contributed by atoms with Gasteiger partial charge in [0.25, 0.3) is 0 Å². The maximum atomic E-state index is 12.5. The Hall–Kier alpha value is -2.43. The van der Waals surface area contributed by atoms with Gasteiger partial charge in [0.15, 0.2) is 5.65 Å². The predicted octanol–water partition coefficient (Wildman–Crippen LogP) is 1.30. The lowest BCUT2D eigenvalue weighted by atomic mass is 10.1. The molecule has 0 aromatic carbocycles. The van der Waals surface area contributed by atoms with Crippen LogP contribution in [0.15, 0.2) is 12.5 Å². The molecule has 1 amide bonds. The number of carbonyl (C=O) groups excluding carboxylic acids is 1. The van der Waals surface area contributed by atoms with Crippen molar-refractivity contribution in [2.24, 2.45) is 5.92 Å². The molecule has 1 saturated heterocycles. The fourth-order valence-electron chi connectivity index (χ4n) is 2.94. The van der Waals surface area contributed by atoms with E-state index in [9.17, 15) is 18.0 Å². The summed E-state index contributed by atoms with van der Waals surface area (Å²) in [7, 11) is 1.58. The molecule has 1 unspecified atom stereocenters. The Morgan fingerprint density at radius 3 is 2.92 bits per heavy atom. The molecule has 1 N–H and O–H groups in total. The van der Waals surface area contributed by atoms with Gasteiger partial charge in [-0.05, 0) is 0 Å². The van der Waals surface area contributed by atoms with Crippen LogP contribution in [0, 0.1) is 5.92 Å². The number of alkyl halides is 3. The molecule has 0 saturated carbocycles. The van der Waals surface area contributed by atoms with Gasteiger partial charge in [-0.15, -0.1) is 0 Å². The molecule has 1 atom stereocenters. The van der Waals surface area contributed by atoms with Gasteiger partial charge < -0.3 is 15.0 Å². The highest BCUT2D eigenvalue weighted by molar-refractivity contribution is 5.85. The van der Waals surface area contributed by atoms with Crippen LogP contribution < -0.4 is 5.32 Å². The lowest BCUT2D eigenvalue weighted by Crippen LogP contribution is -2.29. The first-order valence-electron chi connectivity index (χ1n) is 8.11. The van der Waals surface area contributed by atoms with Crippen molar-refractivity contribution in [2.45, 2.75) is 19.1 Å². The molecular formula is C15H19F3N6O2. The number of nitrogens with one attached hydrogen (secondary N) is 1. The Bertz CT molecular complexity index is 778. The van der Waals surface area contributed by atoms with Gasteiger partial charge in [-0.2, -0.15) is 18.3 Å². The molecule has 0 bridgehead atoms. The van der Waals surface area contributed by atoms with Crippen LogP contribution in [0.3, 0.4) is 0 Å². The highest BCUT2D eigenvalue weighted by atomic mass is 19.4. The van der Waals surface area contributed by atoms with E-state index in [2.05, 4.69) is 20.4 Å². The Labute approximate surface area is 147 Å². The summed E-state index contributed by atoms with van der Waals surface area (Å²) in [5.74, 6) is 0.570. The minimum atomic E-state index is -4.36. The van der Waals surface area contributed by atoms with Crippen molar-refractivity contribution < 1.29 is 22.7 Å². The number of ether oxygens (including phenoxy) is 1. The summed E-state index contributed by atoms with van der Waals surface area (Å²) in [6.45, 7) is 0.932. The lowest BCUT2D eigenvalue weighted by Gasteiger charge is -2.16. The van der Waals surface area contributed by atoms with Gasteiger partial charge in [-0.3, -0.25) is 9.48 Å². The fraction of sp³-hybridized carbons (Fsp3) is 0.600. The molecular weight excluding hydrogens is 353 g/mol. The monoisotopic (exact) mass is 372 g/mol. The molecule has 0 aliphatic carbocycles. The minimum Gasteiger partial charge on any atom is -0.383 e. The summed E-state index contributed by atoms with van der Waals surface area (Å²) in [4.78, 5) is 21.7. The van der Waals surface area contributed by atoms with E-state index in [-0.39, 0.29) is 17.5 Å². The number of hydrogen-bond donors (Lipinski definition) is 1. The van der Waals surface area contributed by atoms with Gasteiger partial charge in [0.2, 0.25) is 5.91 Å². The van der Waals surface area contributed by atoms with Crippen LogP contribution in [-0.2, 0) is 16.1 Å². The number of rotatable bonds is 7. The SMILES string of the molecule is COCCN1CC(CNc2ncnc3nn(CC(F)(F)F)cc23)CC1=O. The number of carbonyl (C=O) groups is 1. The molecule has 3 heterocycles. The molecule has 8 nitrogen and oxygen atoms in total. The molecule has 26 heavy (non-hydrogen) atoms. The van der Waals surface area contributed by atoms with Crippen molar-refractivity contribution in [3.8, 4) is 0 Å². The summed E-state index contributed by atoms with van der Waals surface area (Å²) < 4.78 is 43.4. The molecule has 11 heteroatoms. The van der Waals surface area contributed by atoms with E-state index in [4.69, 9.17) is 4.74 Å². The first-order chi connectivity index (χ1) is 12.4. The molecule has 3 rings (SSSR count). The summed E-state index contributed by atoms with van der Waals surface area (Å²) in [6.07, 6.45) is -1.42. The fourth-order valence-corrected chi connectivity index (χ4v) is 2.94. The maximum Gasteiger partial charge on any atom is 0.408 e. The van der Waals surface area contributed by atoms with Crippen LogP contribution in [0.5, 0.6) is 0 Å². The normalized spacial score (nSPS) is 18.1. The molecule has 0 radical (unpaired) electrons. The summed E-state index contributed by atoms with van der Waals surface area (Å²) in [6, 6.07) is 0. The number of halogens is 3. The number of nitrogens with zero attached hydrogens (tertiary/aromatic N) is 5. The van der Waals surface area contributed by atoms with Crippen LogP contribution in [0.4, 0.5) is 19.0 Å².